The first kappa shape index (κ1) is 19.2. The van der Waals surface area contributed by atoms with Gasteiger partial charge >= 0.3 is 11.9 Å². The summed E-state index contributed by atoms with van der Waals surface area (Å²) in [5, 5.41) is 11.0. The Kier molecular flexibility index (Phi) is 6.93. The molecule has 0 aliphatic carbocycles. The van der Waals surface area contributed by atoms with Crippen molar-refractivity contribution in [1.82, 2.24) is 0 Å². The fourth-order valence-electron chi connectivity index (χ4n) is 1.78. The lowest BCUT2D eigenvalue weighted by Crippen LogP contribution is -2.17. The van der Waals surface area contributed by atoms with Crippen LogP contribution >= 0.6 is 0 Å². The van der Waals surface area contributed by atoms with Crippen LogP contribution in [0, 0.1) is 11.3 Å². The molecule has 7 heteroatoms. The highest BCUT2D eigenvalue weighted by molar-refractivity contribution is 5.99. The number of rotatable bonds is 6. The standard InChI is InChI=1S/C17H20N2O5/c1-10(2)23-16(21)12-7-13(17(22)24-11(3)4)9-14(8-12)19-15(20)5-6-18/h7-11H,5H2,1-4H3,(H,19,20). The van der Waals surface area contributed by atoms with Crippen molar-refractivity contribution >= 4 is 23.5 Å². The highest BCUT2D eigenvalue weighted by Crippen LogP contribution is 2.18. The van der Waals surface area contributed by atoms with E-state index in [0.29, 0.717) is 0 Å². The summed E-state index contributed by atoms with van der Waals surface area (Å²) in [5.41, 5.74) is 0.424. The van der Waals surface area contributed by atoms with Gasteiger partial charge in [0.15, 0.2) is 0 Å². The number of benzene rings is 1. The number of ether oxygens (including phenoxy) is 2. The molecule has 0 spiro atoms. The van der Waals surface area contributed by atoms with E-state index in [1.165, 1.54) is 18.2 Å². The zero-order valence-corrected chi connectivity index (χ0v) is 14.1. The number of carbonyl (C=O) groups excluding carboxylic acids is 3. The molecule has 0 heterocycles. The molecule has 0 saturated carbocycles. The van der Waals surface area contributed by atoms with Crippen LogP contribution in [0.2, 0.25) is 0 Å². The van der Waals surface area contributed by atoms with Gasteiger partial charge in [-0.15, -0.1) is 0 Å². The van der Waals surface area contributed by atoms with Gasteiger partial charge in [-0.2, -0.15) is 5.26 Å². The number of carbonyl (C=O) groups is 3. The van der Waals surface area contributed by atoms with Crippen LogP contribution in [0.5, 0.6) is 0 Å². The topological polar surface area (TPSA) is 105 Å². The molecule has 128 valence electrons. The summed E-state index contributed by atoms with van der Waals surface area (Å²) in [4.78, 5) is 35.7. The third-order valence-electron chi connectivity index (χ3n) is 2.61. The Labute approximate surface area is 140 Å². The van der Waals surface area contributed by atoms with Crippen LogP contribution in [-0.4, -0.2) is 30.1 Å². The van der Waals surface area contributed by atoms with Crippen LogP contribution in [0.4, 0.5) is 5.69 Å². The van der Waals surface area contributed by atoms with E-state index in [0.717, 1.165) is 0 Å². The maximum atomic E-state index is 12.1. The number of nitriles is 1. The SMILES string of the molecule is CC(C)OC(=O)c1cc(NC(=O)CC#N)cc(C(=O)OC(C)C)c1. The quantitative estimate of drug-likeness (QED) is 0.803. The zero-order chi connectivity index (χ0) is 18.3. The third kappa shape index (κ3) is 6.08. The van der Waals surface area contributed by atoms with Crippen molar-refractivity contribution in [1.29, 1.82) is 5.26 Å². The van der Waals surface area contributed by atoms with Crippen molar-refractivity contribution in [3.8, 4) is 6.07 Å². The lowest BCUT2D eigenvalue weighted by Gasteiger charge is -2.13. The maximum Gasteiger partial charge on any atom is 0.338 e. The average Bonchev–Trinajstić information content (AvgIpc) is 2.45. The fourth-order valence-corrected chi connectivity index (χ4v) is 1.78. The molecule has 24 heavy (non-hydrogen) atoms. The first-order valence-electron chi connectivity index (χ1n) is 7.46. The molecule has 1 aromatic carbocycles. The lowest BCUT2D eigenvalue weighted by molar-refractivity contribution is -0.115. The molecule has 0 radical (unpaired) electrons. The fraction of sp³-hybridized carbons (Fsp3) is 0.412. The van der Waals surface area contributed by atoms with E-state index in [1.807, 2.05) is 0 Å². The minimum atomic E-state index is -0.625. The van der Waals surface area contributed by atoms with Crippen LogP contribution in [0.25, 0.3) is 0 Å². The first-order chi connectivity index (χ1) is 11.2. The summed E-state index contributed by atoms with van der Waals surface area (Å²) in [6.45, 7) is 6.80. The second-order valence-corrected chi connectivity index (χ2v) is 5.59. The Hall–Kier alpha value is -2.88. The van der Waals surface area contributed by atoms with E-state index >= 15 is 0 Å². The predicted molar refractivity (Wildman–Crippen MR) is 86.4 cm³/mol. The summed E-state index contributed by atoms with van der Waals surface area (Å²) >= 11 is 0. The molecule has 1 N–H and O–H groups in total. The zero-order valence-electron chi connectivity index (χ0n) is 14.1. The molecular formula is C17H20N2O5. The van der Waals surface area contributed by atoms with E-state index in [-0.39, 0.29) is 35.4 Å². The van der Waals surface area contributed by atoms with Gasteiger partial charge in [-0.05, 0) is 45.9 Å². The largest absolute Gasteiger partial charge is 0.459 e. The molecule has 0 aliphatic rings. The molecule has 0 saturated heterocycles. The van der Waals surface area contributed by atoms with Crippen molar-refractivity contribution in [2.24, 2.45) is 0 Å². The minimum Gasteiger partial charge on any atom is -0.459 e. The number of hydrogen-bond acceptors (Lipinski definition) is 6. The molecule has 0 unspecified atom stereocenters. The van der Waals surface area contributed by atoms with Gasteiger partial charge in [0.25, 0.3) is 0 Å². The van der Waals surface area contributed by atoms with Crippen LogP contribution in [0.15, 0.2) is 18.2 Å². The van der Waals surface area contributed by atoms with Gasteiger partial charge in [0.1, 0.15) is 6.42 Å². The Morgan fingerprint density at radius 2 is 1.46 bits per heavy atom. The lowest BCUT2D eigenvalue weighted by atomic mass is 10.1. The Morgan fingerprint density at radius 1 is 1.00 bits per heavy atom. The Balaban J connectivity index is 3.18. The van der Waals surface area contributed by atoms with Crippen molar-refractivity contribution in [3.63, 3.8) is 0 Å². The van der Waals surface area contributed by atoms with E-state index in [4.69, 9.17) is 14.7 Å². The molecule has 0 aliphatic heterocycles. The van der Waals surface area contributed by atoms with Gasteiger partial charge in [0, 0.05) is 5.69 Å². The van der Waals surface area contributed by atoms with Crippen molar-refractivity contribution in [2.75, 3.05) is 5.32 Å². The summed E-state index contributed by atoms with van der Waals surface area (Å²) in [6.07, 6.45) is -1.01. The number of nitrogens with zero attached hydrogens (tertiary/aromatic N) is 1. The van der Waals surface area contributed by atoms with E-state index in [9.17, 15) is 14.4 Å². The van der Waals surface area contributed by atoms with Gasteiger partial charge < -0.3 is 14.8 Å². The maximum absolute atomic E-state index is 12.1. The molecule has 0 aromatic heterocycles. The van der Waals surface area contributed by atoms with Crippen LogP contribution < -0.4 is 5.32 Å². The van der Waals surface area contributed by atoms with Gasteiger partial charge in [-0.3, -0.25) is 4.79 Å². The third-order valence-corrected chi connectivity index (χ3v) is 2.61. The van der Waals surface area contributed by atoms with Gasteiger partial charge in [0.2, 0.25) is 5.91 Å². The number of amides is 1. The Bertz CT molecular complexity index is 634. The second kappa shape index (κ2) is 8.67. The van der Waals surface area contributed by atoms with Gasteiger partial charge in [-0.25, -0.2) is 9.59 Å². The molecule has 0 fully saturated rings. The summed E-state index contributed by atoms with van der Waals surface area (Å²) in [5.74, 6) is -1.80. The molecule has 1 amide bonds. The van der Waals surface area contributed by atoms with E-state index < -0.39 is 17.8 Å². The van der Waals surface area contributed by atoms with Crippen LogP contribution in [-0.2, 0) is 14.3 Å². The first-order valence-corrected chi connectivity index (χ1v) is 7.46. The monoisotopic (exact) mass is 332 g/mol. The van der Waals surface area contributed by atoms with Crippen molar-refractivity contribution < 1.29 is 23.9 Å². The van der Waals surface area contributed by atoms with E-state index in [1.54, 1.807) is 33.8 Å². The van der Waals surface area contributed by atoms with Crippen LogP contribution in [0.1, 0.15) is 54.8 Å². The minimum absolute atomic E-state index is 0.106. The number of hydrogen-bond donors (Lipinski definition) is 1. The molecule has 0 atom stereocenters. The number of esters is 2. The molecular weight excluding hydrogens is 312 g/mol. The highest BCUT2D eigenvalue weighted by atomic mass is 16.5. The van der Waals surface area contributed by atoms with Crippen LogP contribution in [0.3, 0.4) is 0 Å². The molecule has 1 aromatic rings. The predicted octanol–water partition coefficient (Wildman–Crippen LogP) is 2.67. The Morgan fingerprint density at radius 3 is 1.83 bits per heavy atom. The highest BCUT2D eigenvalue weighted by Gasteiger charge is 2.17. The summed E-state index contributed by atoms with van der Waals surface area (Å²) in [7, 11) is 0. The number of anilines is 1. The molecule has 7 nitrogen and oxygen atoms in total. The smallest absolute Gasteiger partial charge is 0.338 e. The van der Waals surface area contributed by atoms with Gasteiger partial charge in [-0.1, -0.05) is 0 Å². The van der Waals surface area contributed by atoms with Gasteiger partial charge in [0.05, 0.1) is 29.4 Å². The second-order valence-electron chi connectivity index (χ2n) is 5.59. The summed E-state index contributed by atoms with van der Waals surface area (Å²) in [6, 6.07) is 5.82. The number of nitrogens with one attached hydrogen (secondary N) is 1. The van der Waals surface area contributed by atoms with Crippen molar-refractivity contribution in [3.05, 3.63) is 29.3 Å². The molecule has 1 rings (SSSR count). The van der Waals surface area contributed by atoms with Crippen molar-refractivity contribution in [2.45, 2.75) is 46.3 Å². The average molecular weight is 332 g/mol. The normalized spacial score (nSPS) is 10.2. The van der Waals surface area contributed by atoms with E-state index in [2.05, 4.69) is 5.32 Å². The summed E-state index contributed by atoms with van der Waals surface area (Å²) < 4.78 is 10.2. The molecule has 0 bridgehead atoms.